The summed E-state index contributed by atoms with van der Waals surface area (Å²) in [5, 5.41) is 3.42. The minimum Gasteiger partial charge on any atom is -0.334 e. The van der Waals surface area contributed by atoms with Crippen molar-refractivity contribution < 1.29 is 4.79 Å². The van der Waals surface area contributed by atoms with E-state index in [1.54, 1.807) is 0 Å². The van der Waals surface area contributed by atoms with Gasteiger partial charge in [0.2, 0.25) is 5.91 Å². The smallest absolute Gasteiger partial charge is 0.224 e. The standard InChI is InChI=1S/C20H24N2O.ClH/c23-20(14-19-12-7-13-21-19)22(15-17-8-3-1-4-9-17)16-18-10-5-2-6-11-18;/h1-6,8-11,19,21H,7,12-16H2;1H. The van der Waals surface area contributed by atoms with Gasteiger partial charge in [0.25, 0.3) is 0 Å². The molecule has 1 saturated heterocycles. The Balaban J connectivity index is 0.00000208. The zero-order valence-electron chi connectivity index (χ0n) is 13.9. The zero-order chi connectivity index (χ0) is 15.9. The second kappa shape index (κ2) is 9.45. The molecule has 1 unspecified atom stereocenters. The first-order chi connectivity index (χ1) is 11.3. The molecule has 0 radical (unpaired) electrons. The molecule has 1 aliphatic heterocycles. The molecule has 0 bridgehead atoms. The van der Waals surface area contributed by atoms with E-state index in [0.29, 0.717) is 25.6 Å². The van der Waals surface area contributed by atoms with E-state index < -0.39 is 0 Å². The van der Waals surface area contributed by atoms with Crippen LogP contribution in [-0.2, 0) is 17.9 Å². The molecule has 1 fully saturated rings. The van der Waals surface area contributed by atoms with Crippen LogP contribution in [0, 0.1) is 0 Å². The van der Waals surface area contributed by atoms with Gasteiger partial charge in [-0.2, -0.15) is 0 Å². The van der Waals surface area contributed by atoms with Crippen molar-refractivity contribution >= 4 is 18.3 Å². The molecular formula is C20H25ClN2O. The van der Waals surface area contributed by atoms with Crippen LogP contribution in [0.3, 0.4) is 0 Å². The quantitative estimate of drug-likeness (QED) is 0.865. The summed E-state index contributed by atoms with van der Waals surface area (Å²) in [7, 11) is 0. The van der Waals surface area contributed by atoms with Crippen molar-refractivity contribution in [3.63, 3.8) is 0 Å². The fraction of sp³-hybridized carbons (Fsp3) is 0.350. The average molecular weight is 345 g/mol. The van der Waals surface area contributed by atoms with E-state index in [2.05, 4.69) is 29.6 Å². The Morgan fingerprint density at radius 1 is 0.958 bits per heavy atom. The van der Waals surface area contributed by atoms with Crippen LogP contribution in [0.15, 0.2) is 60.7 Å². The highest BCUT2D eigenvalue weighted by Gasteiger charge is 2.22. The molecule has 2 aromatic rings. The lowest BCUT2D eigenvalue weighted by Crippen LogP contribution is -2.35. The highest BCUT2D eigenvalue weighted by molar-refractivity contribution is 5.85. The van der Waals surface area contributed by atoms with Crippen LogP contribution in [0.1, 0.15) is 30.4 Å². The third-order valence-electron chi connectivity index (χ3n) is 4.37. The Kier molecular flexibility index (Phi) is 7.29. The number of halogens is 1. The number of nitrogens with one attached hydrogen (secondary N) is 1. The van der Waals surface area contributed by atoms with Crippen LogP contribution in [0.5, 0.6) is 0 Å². The van der Waals surface area contributed by atoms with Crippen molar-refractivity contribution in [2.24, 2.45) is 0 Å². The van der Waals surface area contributed by atoms with Crippen LogP contribution in [0.2, 0.25) is 0 Å². The molecule has 1 N–H and O–H groups in total. The zero-order valence-corrected chi connectivity index (χ0v) is 14.7. The molecule has 24 heavy (non-hydrogen) atoms. The summed E-state index contributed by atoms with van der Waals surface area (Å²) in [5.74, 6) is 0.233. The van der Waals surface area contributed by atoms with Crippen molar-refractivity contribution in [1.82, 2.24) is 10.2 Å². The Bertz CT molecular complexity index is 571. The lowest BCUT2D eigenvalue weighted by Gasteiger charge is -2.24. The second-order valence-corrected chi connectivity index (χ2v) is 6.22. The van der Waals surface area contributed by atoms with Crippen LogP contribution >= 0.6 is 12.4 Å². The Morgan fingerprint density at radius 2 is 1.50 bits per heavy atom. The van der Waals surface area contributed by atoms with Crippen LogP contribution in [0.25, 0.3) is 0 Å². The number of nitrogens with zero attached hydrogens (tertiary/aromatic N) is 1. The molecule has 4 heteroatoms. The predicted octanol–water partition coefficient (Wildman–Crippen LogP) is 3.78. The average Bonchev–Trinajstić information content (AvgIpc) is 3.09. The third kappa shape index (κ3) is 5.36. The molecular weight excluding hydrogens is 320 g/mol. The Morgan fingerprint density at radius 3 is 1.96 bits per heavy atom. The number of carbonyl (C=O) groups is 1. The predicted molar refractivity (Wildman–Crippen MR) is 100 cm³/mol. The van der Waals surface area contributed by atoms with Crippen LogP contribution in [0.4, 0.5) is 0 Å². The normalized spacial score (nSPS) is 16.4. The summed E-state index contributed by atoms with van der Waals surface area (Å²) in [6.07, 6.45) is 2.88. The van der Waals surface area contributed by atoms with E-state index in [9.17, 15) is 4.79 Å². The van der Waals surface area contributed by atoms with Gasteiger partial charge in [-0.3, -0.25) is 4.79 Å². The minimum absolute atomic E-state index is 0. The van der Waals surface area contributed by atoms with Crippen molar-refractivity contribution in [2.45, 2.75) is 38.4 Å². The molecule has 128 valence electrons. The number of hydrogen-bond acceptors (Lipinski definition) is 2. The van der Waals surface area contributed by atoms with Gasteiger partial charge in [-0.05, 0) is 30.5 Å². The maximum Gasteiger partial charge on any atom is 0.224 e. The lowest BCUT2D eigenvalue weighted by molar-refractivity contribution is -0.132. The summed E-state index contributed by atoms with van der Waals surface area (Å²) >= 11 is 0. The molecule has 0 aliphatic carbocycles. The fourth-order valence-corrected chi connectivity index (χ4v) is 3.11. The first-order valence-electron chi connectivity index (χ1n) is 8.40. The van der Waals surface area contributed by atoms with E-state index in [1.807, 2.05) is 41.3 Å². The molecule has 0 saturated carbocycles. The van der Waals surface area contributed by atoms with Crippen molar-refractivity contribution in [2.75, 3.05) is 6.54 Å². The SMILES string of the molecule is Cl.O=C(CC1CCCN1)N(Cc1ccccc1)Cc1ccccc1. The number of carbonyl (C=O) groups excluding carboxylic acids is 1. The summed E-state index contributed by atoms with van der Waals surface area (Å²) in [6.45, 7) is 2.37. The van der Waals surface area contributed by atoms with Gasteiger partial charge in [-0.1, -0.05) is 60.7 Å². The number of amides is 1. The monoisotopic (exact) mass is 344 g/mol. The highest BCUT2D eigenvalue weighted by atomic mass is 35.5. The van der Waals surface area contributed by atoms with Crippen molar-refractivity contribution in [3.8, 4) is 0 Å². The number of hydrogen-bond donors (Lipinski definition) is 1. The summed E-state index contributed by atoms with van der Waals surface area (Å²) in [6, 6.07) is 20.8. The minimum atomic E-state index is 0. The summed E-state index contributed by atoms with van der Waals surface area (Å²) in [5.41, 5.74) is 2.35. The highest BCUT2D eigenvalue weighted by Crippen LogP contribution is 2.15. The Hall–Kier alpha value is -1.84. The largest absolute Gasteiger partial charge is 0.334 e. The molecule has 1 heterocycles. The summed E-state index contributed by atoms with van der Waals surface area (Å²) in [4.78, 5) is 14.8. The molecule has 1 aliphatic rings. The molecule has 3 nitrogen and oxygen atoms in total. The van der Waals surface area contributed by atoms with Gasteiger partial charge >= 0.3 is 0 Å². The van der Waals surface area contributed by atoms with Crippen LogP contribution in [-0.4, -0.2) is 23.4 Å². The number of rotatable bonds is 6. The fourth-order valence-electron chi connectivity index (χ4n) is 3.11. The lowest BCUT2D eigenvalue weighted by atomic mass is 10.1. The molecule has 1 atom stereocenters. The molecule has 0 spiro atoms. The van der Waals surface area contributed by atoms with Crippen molar-refractivity contribution in [1.29, 1.82) is 0 Å². The molecule has 2 aromatic carbocycles. The molecule has 0 aromatic heterocycles. The first-order valence-corrected chi connectivity index (χ1v) is 8.40. The van der Waals surface area contributed by atoms with Gasteiger partial charge in [0.15, 0.2) is 0 Å². The summed E-state index contributed by atoms with van der Waals surface area (Å²) < 4.78 is 0. The van der Waals surface area contributed by atoms with Crippen LogP contribution < -0.4 is 5.32 Å². The van der Waals surface area contributed by atoms with Gasteiger partial charge in [-0.25, -0.2) is 0 Å². The van der Waals surface area contributed by atoms with E-state index in [4.69, 9.17) is 0 Å². The van der Waals surface area contributed by atoms with E-state index in [0.717, 1.165) is 13.0 Å². The van der Waals surface area contributed by atoms with Gasteiger partial charge in [0, 0.05) is 25.6 Å². The maximum atomic E-state index is 12.8. The number of benzene rings is 2. The van der Waals surface area contributed by atoms with Gasteiger partial charge in [-0.15, -0.1) is 12.4 Å². The molecule has 1 amide bonds. The van der Waals surface area contributed by atoms with E-state index in [1.165, 1.54) is 17.5 Å². The van der Waals surface area contributed by atoms with E-state index in [-0.39, 0.29) is 18.3 Å². The van der Waals surface area contributed by atoms with Gasteiger partial charge in [0.1, 0.15) is 0 Å². The van der Waals surface area contributed by atoms with E-state index >= 15 is 0 Å². The van der Waals surface area contributed by atoms with Crippen molar-refractivity contribution in [3.05, 3.63) is 71.8 Å². The van der Waals surface area contributed by atoms with Gasteiger partial charge < -0.3 is 10.2 Å². The van der Waals surface area contributed by atoms with Gasteiger partial charge in [0.05, 0.1) is 0 Å². The third-order valence-corrected chi connectivity index (χ3v) is 4.37. The Labute approximate surface area is 150 Å². The second-order valence-electron chi connectivity index (χ2n) is 6.22. The molecule has 3 rings (SSSR count). The first kappa shape index (κ1) is 18.5. The topological polar surface area (TPSA) is 32.3 Å². The maximum absolute atomic E-state index is 12.8.